The van der Waals surface area contributed by atoms with Crippen LogP contribution in [-0.4, -0.2) is 48.7 Å². The molecule has 1 aliphatic rings. The van der Waals surface area contributed by atoms with E-state index in [9.17, 15) is 9.90 Å². The number of piperazine rings is 1. The molecular weight excluding hydrogens is 244 g/mol. The first kappa shape index (κ1) is 12.4. The Morgan fingerprint density at radius 1 is 1.53 bits per heavy atom. The molecule has 0 aliphatic carbocycles. The highest BCUT2D eigenvalue weighted by atomic mass is 35.5. The van der Waals surface area contributed by atoms with E-state index in [0.29, 0.717) is 12.3 Å². The summed E-state index contributed by atoms with van der Waals surface area (Å²) in [6.45, 7) is 3.97. The van der Waals surface area contributed by atoms with E-state index in [1.807, 2.05) is 0 Å². The van der Waals surface area contributed by atoms with Gasteiger partial charge in [-0.2, -0.15) is 0 Å². The van der Waals surface area contributed by atoms with Gasteiger partial charge in [0.25, 0.3) is 0 Å². The number of carbonyl (C=O) groups is 1. The lowest BCUT2D eigenvalue weighted by Gasteiger charge is -2.28. The number of carboxylic acids is 1. The minimum atomic E-state index is -0.880. The maximum atomic E-state index is 11.2. The lowest BCUT2D eigenvalue weighted by molar-refractivity contribution is -0.139. The fourth-order valence-electron chi connectivity index (χ4n) is 1.96. The van der Waals surface area contributed by atoms with Crippen molar-refractivity contribution in [2.24, 2.45) is 0 Å². The molecule has 17 heavy (non-hydrogen) atoms. The summed E-state index contributed by atoms with van der Waals surface area (Å²) in [4.78, 5) is 13.4. The highest BCUT2D eigenvalue weighted by Gasteiger charge is 2.26. The monoisotopic (exact) mass is 258 g/mol. The zero-order valence-corrected chi connectivity index (χ0v) is 10.1. The summed E-state index contributed by atoms with van der Waals surface area (Å²) in [6, 6.07) is 3.20. The SMILES string of the molecule is O=C(O)C(CN1CCNCC1)c1ccc(Cl)o1. The van der Waals surface area contributed by atoms with Crippen LogP contribution in [0.15, 0.2) is 16.5 Å². The topological polar surface area (TPSA) is 65.7 Å². The number of halogens is 1. The van der Waals surface area contributed by atoms with Gasteiger partial charge in [-0.3, -0.25) is 9.69 Å². The summed E-state index contributed by atoms with van der Waals surface area (Å²) in [7, 11) is 0. The number of aliphatic carboxylic acids is 1. The summed E-state index contributed by atoms with van der Waals surface area (Å²) >= 11 is 5.67. The summed E-state index contributed by atoms with van der Waals surface area (Å²) in [5.74, 6) is -1.11. The number of hydrogen-bond donors (Lipinski definition) is 2. The maximum absolute atomic E-state index is 11.2. The van der Waals surface area contributed by atoms with E-state index < -0.39 is 11.9 Å². The molecule has 1 aromatic rings. The van der Waals surface area contributed by atoms with Crippen LogP contribution in [0.3, 0.4) is 0 Å². The second-order valence-corrected chi connectivity index (χ2v) is 4.46. The van der Waals surface area contributed by atoms with Crippen molar-refractivity contribution < 1.29 is 14.3 Å². The third-order valence-corrected chi connectivity index (χ3v) is 3.09. The van der Waals surface area contributed by atoms with Crippen LogP contribution in [0.5, 0.6) is 0 Å². The zero-order chi connectivity index (χ0) is 12.3. The Balaban J connectivity index is 2.04. The molecule has 0 radical (unpaired) electrons. The van der Waals surface area contributed by atoms with E-state index in [4.69, 9.17) is 16.0 Å². The Bertz CT molecular complexity index is 388. The number of carboxylic acid groups (broad SMARTS) is 1. The van der Waals surface area contributed by atoms with Gasteiger partial charge in [-0.15, -0.1) is 0 Å². The van der Waals surface area contributed by atoms with Crippen molar-refractivity contribution in [1.29, 1.82) is 0 Å². The number of nitrogens with zero attached hydrogens (tertiary/aromatic N) is 1. The van der Waals surface area contributed by atoms with Crippen molar-refractivity contribution in [3.05, 3.63) is 23.1 Å². The molecule has 0 aromatic carbocycles. The van der Waals surface area contributed by atoms with Crippen LogP contribution >= 0.6 is 11.6 Å². The molecule has 1 fully saturated rings. The van der Waals surface area contributed by atoms with Crippen LogP contribution in [0.2, 0.25) is 5.22 Å². The quantitative estimate of drug-likeness (QED) is 0.844. The molecule has 6 heteroatoms. The molecule has 94 valence electrons. The van der Waals surface area contributed by atoms with Crippen LogP contribution in [0.1, 0.15) is 11.7 Å². The Labute approximate surface area is 104 Å². The van der Waals surface area contributed by atoms with Gasteiger partial charge in [-0.05, 0) is 23.7 Å². The first-order valence-corrected chi connectivity index (χ1v) is 5.95. The smallest absolute Gasteiger partial charge is 0.315 e. The summed E-state index contributed by atoms with van der Waals surface area (Å²) in [5, 5.41) is 12.7. The van der Waals surface area contributed by atoms with Crippen molar-refractivity contribution in [3.8, 4) is 0 Å². The average molecular weight is 259 g/mol. The third kappa shape index (κ3) is 3.21. The molecule has 0 amide bonds. The maximum Gasteiger partial charge on any atom is 0.315 e. The van der Waals surface area contributed by atoms with Gasteiger partial charge in [0.05, 0.1) is 0 Å². The summed E-state index contributed by atoms with van der Waals surface area (Å²) < 4.78 is 5.19. The molecule has 0 spiro atoms. The second-order valence-electron chi connectivity index (χ2n) is 4.08. The second kappa shape index (κ2) is 5.53. The van der Waals surface area contributed by atoms with Crippen LogP contribution < -0.4 is 5.32 Å². The number of nitrogens with one attached hydrogen (secondary N) is 1. The van der Waals surface area contributed by atoms with E-state index >= 15 is 0 Å². The predicted molar refractivity (Wildman–Crippen MR) is 63.4 cm³/mol. The van der Waals surface area contributed by atoms with E-state index in [-0.39, 0.29) is 5.22 Å². The van der Waals surface area contributed by atoms with Crippen molar-refractivity contribution in [2.75, 3.05) is 32.7 Å². The fraction of sp³-hybridized carbons (Fsp3) is 0.545. The van der Waals surface area contributed by atoms with Crippen LogP contribution in [0.25, 0.3) is 0 Å². The molecular formula is C11H15ClN2O3. The van der Waals surface area contributed by atoms with Crippen LogP contribution in [0.4, 0.5) is 0 Å². The normalized spacial score (nSPS) is 19.1. The van der Waals surface area contributed by atoms with Gasteiger partial charge < -0.3 is 14.8 Å². The molecule has 2 N–H and O–H groups in total. The molecule has 1 unspecified atom stereocenters. The van der Waals surface area contributed by atoms with Crippen molar-refractivity contribution in [2.45, 2.75) is 5.92 Å². The van der Waals surface area contributed by atoms with Crippen LogP contribution in [0, 0.1) is 0 Å². The van der Waals surface area contributed by atoms with E-state index in [2.05, 4.69) is 10.2 Å². The van der Waals surface area contributed by atoms with E-state index in [1.165, 1.54) is 0 Å². The molecule has 5 nitrogen and oxygen atoms in total. The fourth-order valence-corrected chi connectivity index (χ4v) is 2.11. The van der Waals surface area contributed by atoms with Crippen molar-refractivity contribution >= 4 is 17.6 Å². The molecule has 1 aliphatic heterocycles. The minimum Gasteiger partial charge on any atom is -0.481 e. The molecule has 2 heterocycles. The molecule has 0 bridgehead atoms. The van der Waals surface area contributed by atoms with E-state index in [0.717, 1.165) is 26.2 Å². The van der Waals surface area contributed by atoms with Gasteiger partial charge >= 0.3 is 5.97 Å². The average Bonchev–Trinajstić information content (AvgIpc) is 2.73. The van der Waals surface area contributed by atoms with E-state index in [1.54, 1.807) is 12.1 Å². The third-order valence-electron chi connectivity index (χ3n) is 2.89. The molecule has 0 saturated carbocycles. The Morgan fingerprint density at radius 3 is 2.76 bits per heavy atom. The standard InChI is InChI=1S/C11H15ClN2O3/c12-10-2-1-9(17-10)8(11(15)16)7-14-5-3-13-4-6-14/h1-2,8,13H,3-7H2,(H,15,16). The number of rotatable bonds is 4. The van der Waals surface area contributed by atoms with Gasteiger partial charge in [0.2, 0.25) is 0 Å². The largest absolute Gasteiger partial charge is 0.481 e. The van der Waals surface area contributed by atoms with Gasteiger partial charge in [0.15, 0.2) is 5.22 Å². The van der Waals surface area contributed by atoms with Gasteiger partial charge in [0, 0.05) is 32.7 Å². The summed E-state index contributed by atoms with van der Waals surface area (Å²) in [5.41, 5.74) is 0. The number of hydrogen-bond acceptors (Lipinski definition) is 4. The Hall–Kier alpha value is -1.04. The van der Waals surface area contributed by atoms with Gasteiger partial charge in [-0.25, -0.2) is 0 Å². The Kier molecular flexibility index (Phi) is 4.04. The number of furan rings is 1. The van der Waals surface area contributed by atoms with Crippen LogP contribution in [-0.2, 0) is 4.79 Å². The molecule has 1 atom stereocenters. The predicted octanol–water partition coefficient (Wildman–Crippen LogP) is 1.01. The first-order chi connectivity index (χ1) is 8.16. The van der Waals surface area contributed by atoms with Gasteiger partial charge in [0.1, 0.15) is 11.7 Å². The highest BCUT2D eigenvalue weighted by Crippen LogP contribution is 2.23. The molecule has 1 saturated heterocycles. The first-order valence-electron chi connectivity index (χ1n) is 5.58. The Morgan fingerprint density at radius 2 is 2.24 bits per heavy atom. The summed E-state index contributed by atoms with van der Waals surface area (Å²) in [6.07, 6.45) is 0. The molecule has 1 aromatic heterocycles. The minimum absolute atomic E-state index is 0.228. The van der Waals surface area contributed by atoms with Gasteiger partial charge in [-0.1, -0.05) is 0 Å². The highest BCUT2D eigenvalue weighted by molar-refractivity contribution is 6.28. The zero-order valence-electron chi connectivity index (χ0n) is 9.36. The lowest BCUT2D eigenvalue weighted by atomic mass is 10.1. The lowest BCUT2D eigenvalue weighted by Crippen LogP contribution is -2.45. The molecule has 2 rings (SSSR count). The van der Waals surface area contributed by atoms with Crippen molar-refractivity contribution in [1.82, 2.24) is 10.2 Å². The van der Waals surface area contributed by atoms with Crippen molar-refractivity contribution in [3.63, 3.8) is 0 Å².